The van der Waals surface area contributed by atoms with Gasteiger partial charge in [0.15, 0.2) is 5.69 Å². The van der Waals surface area contributed by atoms with E-state index in [9.17, 15) is 18.0 Å². The Hall–Kier alpha value is -2.42. The number of amides is 1. The van der Waals surface area contributed by atoms with Gasteiger partial charge in [-0.1, -0.05) is 11.3 Å². The largest absolute Gasteiger partial charge is 0.416 e. The molecule has 26 heavy (non-hydrogen) atoms. The number of nitrogens with one attached hydrogen (secondary N) is 2. The maximum atomic E-state index is 13.0. The number of rotatable bonds is 3. The lowest BCUT2D eigenvalue weighted by Crippen LogP contribution is -2.30. The van der Waals surface area contributed by atoms with Gasteiger partial charge >= 0.3 is 6.18 Å². The molecular formula is C17H20F3N5O. The van der Waals surface area contributed by atoms with Crippen LogP contribution in [0.1, 0.15) is 46.2 Å². The average molecular weight is 367 g/mol. The first-order valence-electron chi connectivity index (χ1n) is 8.39. The summed E-state index contributed by atoms with van der Waals surface area (Å²) >= 11 is 0. The Morgan fingerprint density at radius 1 is 1.27 bits per heavy atom. The molecule has 0 aliphatic carbocycles. The van der Waals surface area contributed by atoms with Gasteiger partial charge < -0.3 is 10.6 Å². The molecule has 0 atom stereocenters. The van der Waals surface area contributed by atoms with Crippen LogP contribution in [0.25, 0.3) is 0 Å². The first kappa shape index (κ1) is 18.4. The van der Waals surface area contributed by atoms with Crippen molar-refractivity contribution in [1.82, 2.24) is 20.3 Å². The molecule has 1 aromatic heterocycles. The van der Waals surface area contributed by atoms with Gasteiger partial charge in [0.25, 0.3) is 5.91 Å². The Morgan fingerprint density at radius 2 is 1.96 bits per heavy atom. The van der Waals surface area contributed by atoms with Gasteiger partial charge in [-0.25, -0.2) is 4.68 Å². The second-order valence-electron chi connectivity index (χ2n) is 6.38. The molecule has 0 bridgehead atoms. The fourth-order valence-electron chi connectivity index (χ4n) is 3.21. The number of hydrogen-bond acceptors (Lipinski definition) is 4. The highest BCUT2D eigenvalue weighted by molar-refractivity contribution is 6.04. The Labute approximate surface area is 148 Å². The third-order valence-corrected chi connectivity index (χ3v) is 4.68. The van der Waals surface area contributed by atoms with Crippen LogP contribution >= 0.6 is 0 Å². The number of halogens is 3. The van der Waals surface area contributed by atoms with E-state index in [1.54, 1.807) is 11.6 Å². The Kier molecular flexibility index (Phi) is 4.99. The lowest BCUT2D eigenvalue weighted by molar-refractivity contribution is -0.138. The van der Waals surface area contributed by atoms with Gasteiger partial charge in [-0.05, 0) is 57.5 Å². The molecule has 0 spiro atoms. The van der Waals surface area contributed by atoms with Gasteiger partial charge in [0, 0.05) is 5.69 Å². The number of carbonyl (C=O) groups excluding carboxylic acids is 1. The summed E-state index contributed by atoms with van der Waals surface area (Å²) in [4.78, 5) is 12.5. The van der Waals surface area contributed by atoms with Gasteiger partial charge in [-0.15, -0.1) is 5.10 Å². The predicted molar refractivity (Wildman–Crippen MR) is 90.0 cm³/mol. The highest BCUT2D eigenvalue weighted by Gasteiger charge is 2.33. The summed E-state index contributed by atoms with van der Waals surface area (Å²) in [5.74, 6) is -0.565. The molecule has 2 heterocycles. The maximum Gasteiger partial charge on any atom is 0.416 e. The molecule has 9 heteroatoms. The summed E-state index contributed by atoms with van der Waals surface area (Å²) in [7, 11) is 0. The van der Waals surface area contributed by atoms with E-state index in [0.717, 1.165) is 32.0 Å². The minimum Gasteiger partial charge on any atom is -0.320 e. The van der Waals surface area contributed by atoms with Crippen LogP contribution in [0.3, 0.4) is 0 Å². The summed E-state index contributed by atoms with van der Waals surface area (Å²) in [5.41, 5.74) is 0.0437. The molecule has 2 N–H and O–H groups in total. The quantitative estimate of drug-likeness (QED) is 0.875. The monoisotopic (exact) mass is 367 g/mol. The normalized spacial score (nSPS) is 15.9. The van der Waals surface area contributed by atoms with Crippen LogP contribution in [-0.4, -0.2) is 34.0 Å². The van der Waals surface area contributed by atoms with Crippen molar-refractivity contribution in [3.8, 4) is 0 Å². The van der Waals surface area contributed by atoms with E-state index >= 15 is 0 Å². The van der Waals surface area contributed by atoms with E-state index in [0.29, 0.717) is 5.69 Å². The van der Waals surface area contributed by atoms with Crippen LogP contribution in [0.4, 0.5) is 18.9 Å². The van der Waals surface area contributed by atoms with Gasteiger partial charge in [0.1, 0.15) is 0 Å². The number of benzene rings is 1. The molecule has 1 aromatic carbocycles. The molecule has 0 unspecified atom stereocenters. The van der Waals surface area contributed by atoms with E-state index in [1.807, 2.05) is 0 Å². The van der Waals surface area contributed by atoms with E-state index < -0.39 is 17.6 Å². The maximum absolute atomic E-state index is 13.0. The number of piperidine rings is 1. The molecular weight excluding hydrogens is 347 g/mol. The SMILES string of the molecule is Cc1c(NC(=O)c2nnn(C3CCNCC3)c2C)cccc1C(F)(F)F. The van der Waals surface area contributed by atoms with E-state index in [1.165, 1.54) is 19.1 Å². The standard InChI is InChI=1S/C17H20F3N5O/c1-10-13(17(18,19)20)4-3-5-14(10)22-16(26)15-11(2)25(24-23-15)12-6-8-21-9-7-12/h3-5,12,21H,6-9H2,1-2H3,(H,22,26). The van der Waals surface area contributed by atoms with E-state index in [-0.39, 0.29) is 23.0 Å². The van der Waals surface area contributed by atoms with Crippen molar-refractivity contribution < 1.29 is 18.0 Å². The van der Waals surface area contributed by atoms with Crippen LogP contribution in [0.2, 0.25) is 0 Å². The van der Waals surface area contributed by atoms with Crippen molar-refractivity contribution in [1.29, 1.82) is 0 Å². The highest BCUT2D eigenvalue weighted by atomic mass is 19.4. The fraction of sp³-hybridized carbons (Fsp3) is 0.471. The first-order valence-corrected chi connectivity index (χ1v) is 8.39. The molecule has 1 aliphatic heterocycles. The zero-order valence-electron chi connectivity index (χ0n) is 14.5. The average Bonchev–Trinajstić information content (AvgIpc) is 2.98. The number of carbonyl (C=O) groups is 1. The Balaban J connectivity index is 1.82. The lowest BCUT2D eigenvalue weighted by atomic mass is 10.1. The molecule has 3 rings (SSSR count). The van der Waals surface area contributed by atoms with Gasteiger partial charge in [-0.2, -0.15) is 13.2 Å². The number of nitrogens with zero attached hydrogens (tertiary/aromatic N) is 3. The molecule has 1 fully saturated rings. The summed E-state index contributed by atoms with van der Waals surface area (Å²) < 4.78 is 40.8. The van der Waals surface area contributed by atoms with Crippen LogP contribution in [0.15, 0.2) is 18.2 Å². The van der Waals surface area contributed by atoms with Crippen molar-refractivity contribution in [2.24, 2.45) is 0 Å². The van der Waals surface area contributed by atoms with Crippen molar-refractivity contribution in [3.63, 3.8) is 0 Å². The third-order valence-electron chi connectivity index (χ3n) is 4.68. The minimum atomic E-state index is -4.47. The van der Waals surface area contributed by atoms with E-state index in [2.05, 4.69) is 20.9 Å². The summed E-state index contributed by atoms with van der Waals surface area (Å²) in [6.07, 6.45) is -2.70. The van der Waals surface area contributed by atoms with Crippen LogP contribution in [-0.2, 0) is 6.18 Å². The molecule has 140 valence electrons. The fourth-order valence-corrected chi connectivity index (χ4v) is 3.21. The molecule has 1 saturated heterocycles. The second kappa shape index (κ2) is 7.06. The molecule has 6 nitrogen and oxygen atoms in total. The third kappa shape index (κ3) is 3.57. The van der Waals surface area contributed by atoms with Crippen molar-refractivity contribution >= 4 is 11.6 Å². The molecule has 1 aliphatic rings. The highest BCUT2D eigenvalue weighted by Crippen LogP contribution is 2.34. The number of anilines is 1. The minimum absolute atomic E-state index is 0.0308. The summed E-state index contributed by atoms with van der Waals surface area (Å²) in [6.45, 7) is 4.82. The van der Waals surface area contributed by atoms with E-state index in [4.69, 9.17) is 0 Å². The van der Waals surface area contributed by atoms with Gasteiger partial charge in [0.2, 0.25) is 0 Å². The molecule has 1 amide bonds. The van der Waals surface area contributed by atoms with Crippen LogP contribution in [0.5, 0.6) is 0 Å². The topological polar surface area (TPSA) is 71.8 Å². The lowest BCUT2D eigenvalue weighted by Gasteiger charge is -2.23. The van der Waals surface area contributed by atoms with Crippen molar-refractivity contribution in [3.05, 3.63) is 40.7 Å². The first-order chi connectivity index (χ1) is 12.3. The number of aromatic nitrogens is 3. The Morgan fingerprint density at radius 3 is 2.62 bits per heavy atom. The zero-order valence-corrected chi connectivity index (χ0v) is 14.5. The number of hydrogen-bond donors (Lipinski definition) is 2. The zero-order chi connectivity index (χ0) is 18.9. The van der Waals surface area contributed by atoms with Crippen molar-refractivity contribution in [2.75, 3.05) is 18.4 Å². The number of alkyl halides is 3. The second-order valence-corrected chi connectivity index (χ2v) is 6.38. The van der Waals surface area contributed by atoms with Crippen LogP contribution in [0, 0.1) is 13.8 Å². The molecule has 0 saturated carbocycles. The van der Waals surface area contributed by atoms with Crippen molar-refractivity contribution in [2.45, 2.75) is 38.9 Å². The molecule has 0 radical (unpaired) electrons. The predicted octanol–water partition coefficient (Wildman–Crippen LogP) is 3.09. The summed E-state index contributed by atoms with van der Waals surface area (Å²) in [6, 6.07) is 3.86. The Bertz CT molecular complexity index is 809. The molecule has 2 aromatic rings. The summed E-state index contributed by atoms with van der Waals surface area (Å²) in [5, 5.41) is 13.8. The van der Waals surface area contributed by atoms with Gasteiger partial charge in [-0.3, -0.25) is 4.79 Å². The van der Waals surface area contributed by atoms with Crippen LogP contribution < -0.4 is 10.6 Å². The van der Waals surface area contributed by atoms with Gasteiger partial charge in [0.05, 0.1) is 17.3 Å². The smallest absolute Gasteiger partial charge is 0.320 e.